The molecule has 0 bridgehead atoms. The molecule has 0 unspecified atom stereocenters. The van der Waals surface area contributed by atoms with Crippen LogP contribution < -0.4 is 5.32 Å². The van der Waals surface area contributed by atoms with Gasteiger partial charge in [-0.15, -0.1) is 0 Å². The van der Waals surface area contributed by atoms with E-state index in [0.29, 0.717) is 11.3 Å². The second kappa shape index (κ2) is 5.93. The van der Waals surface area contributed by atoms with Gasteiger partial charge in [0.05, 0.1) is 11.7 Å². The summed E-state index contributed by atoms with van der Waals surface area (Å²) in [6.45, 7) is 0. The minimum Gasteiger partial charge on any atom is -0.320 e. The summed E-state index contributed by atoms with van der Waals surface area (Å²) >= 11 is 3.37. The van der Waals surface area contributed by atoms with Gasteiger partial charge in [-0.2, -0.15) is 5.10 Å². The van der Waals surface area contributed by atoms with Gasteiger partial charge in [-0.05, 0) is 23.8 Å². The Morgan fingerprint density at radius 2 is 1.84 bits per heavy atom. The normalized spacial score (nSPS) is 21.0. The molecule has 1 atom stereocenters. The van der Waals surface area contributed by atoms with E-state index >= 15 is 0 Å². The number of carbonyl (C=O) groups excluding carboxylic acids is 3. The van der Waals surface area contributed by atoms with Gasteiger partial charge in [-0.3, -0.25) is 14.4 Å². The van der Waals surface area contributed by atoms with E-state index in [1.165, 1.54) is 0 Å². The van der Waals surface area contributed by atoms with Crippen LogP contribution in [-0.2, 0) is 14.4 Å². The molecule has 2 aliphatic rings. The first kappa shape index (κ1) is 15.7. The lowest BCUT2D eigenvalue weighted by atomic mass is 10.1. The van der Waals surface area contributed by atoms with Crippen LogP contribution in [0.25, 0.3) is 0 Å². The number of ketones is 1. The number of hydrogen-bond acceptors (Lipinski definition) is 4. The maximum atomic E-state index is 12.3. The van der Waals surface area contributed by atoms with Gasteiger partial charge in [-0.1, -0.05) is 46.3 Å². The Hall–Kier alpha value is -2.80. The van der Waals surface area contributed by atoms with Crippen LogP contribution in [0.15, 0.2) is 58.1 Å². The van der Waals surface area contributed by atoms with Crippen molar-refractivity contribution >= 4 is 44.9 Å². The van der Waals surface area contributed by atoms with E-state index in [-0.39, 0.29) is 12.1 Å². The summed E-state index contributed by atoms with van der Waals surface area (Å²) in [6, 6.07) is 14.0. The Kier molecular flexibility index (Phi) is 3.73. The third-order valence-corrected chi connectivity index (χ3v) is 4.71. The van der Waals surface area contributed by atoms with Crippen LogP contribution in [-0.4, -0.2) is 28.3 Å². The fourth-order valence-corrected chi connectivity index (χ4v) is 3.36. The Morgan fingerprint density at radius 3 is 2.60 bits per heavy atom. The van der Waals surface area contributed by atoms with Gasteiger partial charge in [0.1, 0.15) is 0 Å². The van der Waals surface area contributed by atoms with Crippen molar-refractivity contribution in [3.8, 4) is 0 Å². The van der Waals surface area contributed by atoms with Crippen molar-refractivity contribution in [3.63, 3.8) is 0 Å². The van der Waals surface area contributed by atoms with Crippen molar-refractivity contribution in [1.82, 2.24) is 5.01 Å². The first-order valence-electron chi connectivity index (χ1n) is 7.66. The standard InChI is InChI=1S/C18H12BrN3O3/c19-11-6-7-13-12(8-11)16(17(24)20-13)21-22-14(9-15(23)18(22)25)10-4-2-1-3-5-10/h1-8,14H,9H2,(H,20,21,24)/t14-/m0/s1. The van der Waals surface area contributed by atoms with Gasteiger partial charge in [0.25, 0.3) is 5.91 Å². The van der Waals surface area contributed by atoms with Crippen LogP contribution in [0, 0.1) is 0 Å². The van der Waals surface area contributed by atoms with E-state index in [2.05, 4.69) is 26.3 Å². The molecule has 6 nitrogen and oxygen atoms in total. The number of halogens is 1. The average molecular weight is 398 g/mol. The number of nitrogens with one attached hydrogen (secondary N) is 1. The predicted molar refractivity (Wildman–Crippen MR) is 95.0 cm³/mol. The number of benzene rings is 2. The van der Waals surface area contributed by atoms with Gasteiger partial charge < -0.3 is 5.32 Å². The number of carbonyl (C=O) groups is 3. The van der Waals surface area contributed by atoms with Crippen LogP contribution in [0.4, 0.5) is 5.69 Å². The molecule has 0 spiro atoms. The molecule has 4 rings (SSSR count). The fraction of sp³-hybridized carbons (Fsp3) is 0.111. The molecule has 1 saturated heterocycles. The Bertz CT molecular complexity index is 940. The second-order valence-corrected chi connectivity index (χ2v) is 6.71. The Balaban J connectivity index is 1.79. The van der Waals surface area contributed by atoms with Gasteiger partial charge in [0, 0.05) is 16.5 Å². The van der Waals surface area contributed by atoms with Gasteiger partial charge in [-0.25, -0.2) is 5.01 Å². The molecule has 1 N–H and O–H groups in total. The van der Waals surface area contributed by atoms with Crippen LogP contribution >= 0.6 is 15.9 Å². The molecular weight excluding hydrogens is 386 g/mol. The van der Waals surface area contributed by atoms with Gasteiger partial charge in [0.15, 0.2) is 5.71 Å². The summed E-state index contributed by atoms with van der Waals surface area (Å²) in [5.41, 5.74) is 2.15. The van der Waals surface area contributed by atoms with Gasteiger partial charge >= 0.3 is 5.91 Å². The molecule has 0 radical (unpaired) electrons. The molecular formula is C18H12BrN3O3. The first-order chi connectivity index (χ1) is 12.0. The molecule has 0 aromatic heterocycles. The highest BCUT2D eigenvalue weighted by Gasteiger charge is 2.41. The molecule has 2 aromatic rings. The summed E-state index contributed by atoms with van der Waals surface area (Å²) in [7, 11) is 0. The highest BCUT2D eigenvalue weighted by atomic mass is 79.9. The minimum absolute atomic E-state index is 0.0482. The number of anilines is 1. The van der Waals surface area contributed by atoms with Crippen molar-refractivity contribution in [2.75, 3.05) is 5.32 Å². The topological polar surface area (TPSA) is 78.8 Å². The maximum Gasteiger partial charge on any atom is 0.310 e. The lowest BCUT2D eigenvalue weighted by Crippen LogP contribution is -2.28. The molecule has 2 aromatic carbocycles. The fourth-order valence-electron chi connectivity index (χ4n) is 3.00. The summed E-state index contributed by atoms with van der Waals surface area (Å²) in [5, 5.41) is 8.12. The molecule has 7 heteroatoms. The number of hydrogen-bond donors (Lipinski definition) is 1. The van der Waals surface area contributed by atoms with E-state index in [1.54, 1.807) is 18.2 Å². The minimum atomic E-state index is -0.697. The summed E-state index contributed by atoms with van der Waals surface area (Å²) in [4.78, 5) is 36.5. The van der Waals surface area contributed by atoms with Crippen molar-refractivity contribution in [2.24, 2.45) is 5.10 Å². The van der Waals surface area contributed by atoms with Crippen molar-refractivity contribution in [2.45, 2.75) is 12.5 Å². The largest absolute Gasteiger partial charge is 0.320 e. The highest BCUT2D eigenvalue weighted by Crippen LogP contribution is 2.33. The van der Waals surface area contributed by atoms with Crippen LogP contribution in [0.2, 0.25) is 0 Å². The molecule has 2 aliphatic heterocycles. The number of nitrogens with zero attached hydrogens (tertiary/aromatic N) is 2. The molecule has 124 valence electrons. The van der Waals surface area contributed by atoms with Crippen LogP contribution in [0.5, 0.6) is 0 Å². The summed E-state index contributed by atoms with van der Waals surface area (Å²) < 4.78 is 0.791. The smallest absolute Gasteiger partial charge is 0.310 e. The zero-order chi connectivity index (χ0) is 17.6. The number of fused-ring (bicyclic) bond motifs is 1. The molecule has 25 heavy (non-hydrogen) atoms. The van der Waals surface area contributed by atoms with E-state index in [9.17, 15) is 14.4 Å². The Labute approximate surface area is 151 Å². The summed E-state index contributed by atoms with van der Waals surface area (Å²) in [6.07, 6.45) is 0.0482. The highest BCUT2D eigenvalue weighted by molar-refractivity contribution is 9.10. The quantitative estimate of drug-likeness (QED) is 0.791. The predicted octanol–water partition coefficient (Wildman–Crippen LogP) is 2.65. The van der Waals surface area contributed by atoms with E-state index in [1.807, 2.05) is 30.3 Å². The van der Waals surface area contributed by atoms with Crippen LogP contribution in [0.1, 0.15) is 23.6 Å². The van der Waals surface area contributed by atoms with Crippen LogP contribution in [0.3, 0.4) is 0 Å². The SMILES string of the molecule is O=C1C[C@@H](c2ccccc2)N(/N=C2\C(=O)Nc3ccc(Br)cc32)C1=O. The number of Topliss-reactive ketones (excluding diaryl/α,β-unsaturated/α-hetero) is 1. The van der Waals surface area contributed by atoms with E-state index in [4.69, 9.17) is 0 Å². The lowest BCUT2D eigenvalue weighted by molar-refractivity contribution is -0.140. The number of hydrazone groups is 1. The zero-order valence-electron chi connectivity index (χ0n) is 12.9. The second-order valence-electron chi connectivity index (χ2n) is 5.80. The van der Waals surface area contributed by atoms with Crippen molar-refractivity contribution in [1.29, 1.82) is 0 Å². The first-order valence-corrected chi connectivity index (χ1v) is 8.45. The monoisotopic (exact) mass is 397 g/mol. The molecule has 2 amide bonds. The zero-order valence-corrected chi connectivity index (χ0v) is 14.5. The molecule has 0 aliphatic carbocycles. The molecule has 0 saturated carbocycles. The van der Waals surface area contributed by atoms with Gasteiger partial charge in [0.2, 0.25) is 5.78 Å². The van der Waals surface area contributed by atoms with E-state index < -0.39 is 23.6 Å². The average Bonchev–Trinajstić information content (AvgIpc) is 3.07. The maximum absolute atomic E-state index is 12.3. The number of rotatable bonds is 2. The summed E-state index contributed by atoms with van der Waals surface area (Å²) in [5.74, 6) is -1.60. The van der Waals surface area contributed by atoms with Crippen molar-refractivity contribution < 1.29 is 14.4 Å². The molecule has 2 heterocycles. The Morgan fingerprint density at radius 1 is 1.08 bits per heavy atom. The van der Waals surface area contributed by atoms with Crippen molar-refractivity contribution in [3.05, 3.63) is 64.1 Å². The third-order valence-electron chi connectivity index (χ3n) is 4.21. The third kappa shape index (κ3) is 2.66. The number of amides is 2. The van der Waals surface area contributed by atoms with E-state index in [0.717, 1.165) is 15.0 Å². The lowest BCUT2D eigenvalue weighted by Gasteiger charge is -2.19. The molecule has 1 fully saturated rings.